The highest BCUT2D eigenvalue weighted by molar-refractivity contribution is 8.00. The number of halogens is 1. The van der Waals surface area contributed by atoms with E-state index in [0.717, 1.165) is 16.1 Å². The SMILES string of the molecule is CC(=O)Nc1ccc(SC(C)C(=O)NCc2ccc(Oc3ccc(F)cc3)cc2)cc1. The summed E-state index contributed by atoms with van der Waals surface area (Å²) in [5.41, 5.74) is 1.66. The molecule has 0 aliphatic heterocycles. The first-order valence-corrected chi connectivity index (χ1v) is 10.6. The third-order valence-electron chi connectivity index (χ3n) is 4.30. The van der Waals surface area contributed by atoms with Crippen LogP contribution in [0.1, 0.15) is 19.4 Å². The van der Waals surface area contributed by atoms with E-state index in [4.69, 9.17) is 4.74 Å². The molecular weight excluding hydrogens is 415 g/mol. The number of amides is 2. The number of anilines is 1. The van der Waals surface area contributed by atoms with E-state index < -0.39 is 0 Å². The molecule has 0 saturated carbocycles. The molecule has 7 heteroatoms. The summed E-state index contributed by atoms with van der Waals surface area (Å²) in [6, 6.07) is 20.5. The zero-order valence-corrected chi connectivity index (χ0v) is 18.0. The Balaban J connectivity index is 1.47. The van der Waals surface area contributed by atoms with Gasteiger partial charge in [0.05, 0.1) is 5.25 Å². The molecule has 1 unspecified atom stereocenters. The molecule has 0 saturated heterocycles. The van der Waals surface area contributed by atoms with Crippen LogP contribution in [0.5, 0.6) is 11.5 Å². The van der Waals surface area contributed by atoms with Crippen LogP contribution in [0, 0.1) is 5.82 Å². The van der Waals surface area contributed by atoms with Gasteiger partial charge in [-0.05, 0) is 73.2 Å². The predicted octanol–water partition coefficient (Wildman–Crippen LogP) is 5.37. The number of benzene rings is 3. The van der Waals surface area contributed by atoms with Crippen molar-refractivity contribution in [1.82, 2.24) is 5.32 Å². The van der Waals surface area contributed by atoms with Crippen molar-refractivity contribution < 1.29 is 18.7 Å². The molecule has 0 fully saturated rings. The van der Waals surface area contributed by atoms with E-state index >= 15 is 0 Å². The van der Waals surface area contributed by atoms with Gasteiger partial charge in [-0.2, -0.15) is 0 Å². The Labute approximate surface area is 185 Å². The number of hydrogen-bond acceptors (Lipinski definition) is 4. The highest BCUT2D eigenvalue weighted by Gasteiger charge is 2.14. The molecule has 2 amide bonds. The van der Waals surface area contributed by atoms with Crippen molar-refractivity contribution in [3.05, 3.63) is 84.2 Å². The van der Waals surface area contributed by atoms with Crippen LogP contribution in [0.4, 0.5) is 10.1 Å². The number of nitrogens with one attached hydrogen (secondary N) is 2. The Hall–Kier alpha value is -3.32. The first kappa shape index (κ1) is 22.4. The average Bonchev–Trinajstić information content (AvgIpc) is 2.75. The van der Waals surface area contributed by atoms with Crippen molar-refractivity contribution in [2.45, 2.75) is 30.5 Å². The Morgan fingerprint density at radius 3 is 2.10 bits per heavy atom. The standard InChI is InChI=1S/C24H23FN2O3S/c1-16(31-23-13-7-20(8-14-23)27-17(2)28)24(29)26-15-18-3-9-21(10-4-18)30-22-11-5-19(25)6-12-22/h3-14,16H,15H2,1-2H3,(H,26,29)(H,27,28). The zero-order chi connectivity index (χ0) is 22.2. The molecule has 0 bridgehead atoms. The number of ether oxygens (including phenoxy) is 1. The second kappa shape index (κ2) is 10.6. The Morgan fingerprint density at radius 1 is 0.935 bits per heavy atom. The van der Waals surface area contributed by atoms with Crippen LogP contribution in [0.15, 0.2) is 77.7 Å². The van der Waals surface area contributed by atoms with Gasteiger partial charge in [0.25, 0.3) is 0 Å². The van der Waals surface area contributed by atoms with Crippen LogP contribution in [0.2, 0.25) is 0 Å². The van der Waals surface area contributed by atoms with Crippen molar-refractivity contribution in [3.63, 3.8) is 0 Å². The minimum atomic E-state index is -0.312. The van der Waals surface area contributed by atoms with E-state index in [0.29, 0.717) is 18.0 Å². The molecule has 0 heterocycles. The number of carbonyl (C=O) groups excluding carboxylic acids is 2. The monoisotopic (exact) mass is 438 g/mol. The summed E-state index contributed by atoms with van der Waals surface area (Å²) in [7, 11) is 0. The van der Waals surface area contributed by atoms with Gasteiger partial charge in [-0.25, -0.2) is 4.39 Å². The van der Waals surface area contributed by atoms with Crippen molar-refractivity contribution in [1.29, 1.82) is 0 Å². The lowest BCUT2D eigenvalue weighted by Gasteiger charge is -2.13. The third-order valence-corrected chi connectivity index (χ3v) is 5.41. The number of thioether (sulfide) groups is 1. The number of hydrogen-bond donors (Lipinski definition) is 2. The summed E-state index contributed by atoms with van der Waals surface area (Å²) in [6.07, 6.45) is 0. The predicted molar refractivity (Wildman–Crippen MR) is 121 cm³/mol. The van der Waals surface area contributed by atoms with Gasteiger partial charge in [0.1, 0.15) is 17.3 Å². The summed E-state index contributed by atoms with van der Waals surface area (Å²) >= 11 is 1.45. The summed E-state index contributed by atoms with van der Waals surface area (Å²) in [5, 5.41) is 5.38. The third kappa shape index (κ3) is 7.15. The van der Waals surface area contributed by atoms with Crippen molar-refractivity contribution >= 4 is 29.3 Å². The van der Waals surface area contributed by atoms with Crippen molar-refractivity contribution in [3.8, 4) is 11.5 Å². The molecule has 0 aliphatic rings. The molecular formula is C24H23FN2O3S. The minimum absolute atomic E-state index is 0.0671. The summed E-state index contributed by atoms with van der Waals surface area (Å²) < 4.78 is 18.6. The molecule has 31 heavy (non-hydrogen) atoms. The van der Waals surface area contributed by atoms with Crippen molar-refractivity contribution in [2.75, 3.05) is 5.32 Å². The second-order valence-corrected chi connectivity index (χ2v) is 8.30. The smallest absolute Gasteiger partial charge is 0.233 e. The van der Waals surface area contributed by atoms with Gasteiger partial charge < -0.3 is 15.4 Å². The topological polar surface area (TPSA) is 67.4 Å². The van der Waals surface area contributed by atoms with E-state index in [9.17, 15) is 14.0 Å². The summed E-state index contributed by atoms with van der Waals surface area (Å²) in [4.78, 5) is 24.4. The maximum Gasteiger partial charge on any atom is 0.233 e. The fourth-order valence-corrected chi connectivity index (χ4v) is 3.62. The van der Waals surface area contributed by atoms with Gasteiger partial charge in [-0.1, -0.05) is 12.1 Å². The largest absolute Gasteiger partial charge is 0.457 e. The average molecular weight is 439 g/mol. The van der Waals surface area contributed by atoms with E-state index in [1.165, 1.54) is 30.8 Å². The van der Waals surface area contributed by atoms with Crippen LogP contribution in [-0.4, -0.2) is 17.1 Å². The van der Waals surface area contributed by atoms with E-state index in [1.54, 1.807) is 24.3 Å². The molecule has 1 atom stereocenters. The molecule has 160 valence electrons. The van der Waals surface area contributed by atoms with Gasteiger partial charge in [0.2, 0.25) is 11.8 Å². The lowest BCUT2D eigenvalue weighted by atomic mass is 10.2. The molecule has 0 spiro atoms. The lowest BCUT2D eigenvalue weighted by molar-refractivity contribution is -0.120. The number of rotatable bonds is 8. The second-order valence-electron chi connectivity index (χ2n) is 6.88. The van der Waals surface area contributed by atoms with Gasteiger partial charge in [-0.3, -0.25) is 9.59 Å². The quantitative estimate of drug-likeness (QED) is 0.464. The molecule has 3 rings (SSSR count). The van der Waals surface area contributed by atoms with Crippen LogP contribution >= 0.6 is 11.8 Å². The molecule has 5 nitrogen and oxygen atoms in total. The normalized spacial score (nSPS) is 11.5. The van der Waals surface area contributed by atoms with Crippen LogP contribution < -0.4 is 15.4 Å². The van der Waals surface area contributed by atoms with Crippen LogP contribution in [0.3, 0.4) is 0 Å². The minimum Gasteiger partial charge on any atom is -0.457 e. The lowest BCUT2D eigenvalue weighted by Crippen LogP contribution is -2.30. The molecule has 3 aromatic rings. The molecule has 2 N–H and O–H groups in total. The molecule has 0 radical (unpaired) electrons. The van der Waals surface area contributed by atoms with Crippen LogP contribution in [0.25, 0.3) is 0 Å². The van der Waals surface area contributed by atoms with E-state index in [1.807, 2.05) is 43.3 Å². The maximum atomic E-state index is 13.0. The van der Waals surface area contributed by atoms with Gasteiger partial charge in [0.15, 0.2) is 0 Å². The fraction of sp³-hybridized carbons (Fsp3) is 0.167. The van der Waals surface area contributed by atoms with E-state index in [-0.39, 0.29) is 22.9 Å². The molecule has 0 aromatic heterocycles. The Bertz CT molecular complexity index is 1020. The Kier molecular flexibility index (Phi) is 7.67. The first-order valence-electron chi connectivity index (χ1n) is 9.73. The first-order chi connectivity index (χ1) is 14.9. The molecule has 0 aliphatic carbocycles. The van der Waals surface area contributed by atoms with Crippen LogP contribution in [-0.2, 0) is 16.1 Å². The zero-order valence-electron chi connectivity index (χ0n) is 17.2. The highest BCUT2D eigenvalue weighted by atomic mass is 32.2. The van der Waals surface area contributed by atoms with Gasteiger partial charge in [-0.15, -0.1) is 11.8 Å². The molecule has 3 aromatic carbocycles. The number of carbonyl (C=O) groups is 2. The highest BCUT2D eigenvalue weighted by Crippen LogP contribution is 2.25. The maximum absolute atomic E-state index is 13.0. The Morgan fingerprint density at radius 2 is 1.52 bits per heavy atom. The van der Waals surface area contributed by atoms with Crippen molar-refractivity contribution in [2.24, 2.45) is 0 Å². The van der Waals surface area contributed by atoms with Gasteiger partial charge in [0, 0.05) is 24.1 Å². The van der Waals surface area contributed by atoms with E-state index in [2.05, 4.69) is 10.6 Å². The summed E-state index contributed by atoms with van der Waals surface area (Å²) in [6.45, 7) is 3.71. The van der Waals surface area contributed by atoms with Gasteiger partial charge >= 0.3 is 0 Å². The summed E-state index contributed by atoms with van der Waals surface area (Å²) in [5.74, 6) is 0.685. The fourth-order valence-electron chi connectivity index (χ4n) is 2.72.